The lowest BCUT2D eigenvalue weighted by Gasteiger charge is -2.25. The van der Waals surface area contributed by atoms with Gasteiger partial charge in [-0.3, -0.25) is 14.5 Å². The number of halogens is 2. The predicted octanol–water partition coefficient (Wildman–Crippen LogP) is 5.43. The molecule has 180 valence electrons. The van der Waals surface area contributed by atoms with E-state index >= 15 is 0 Å². The van der Waals surface area contributed by atoms with Gasteiger partial charge in [0, 0.05) is 17.3 Å². The third kappa shape index (κ3) is 4.23. The number of anilines is 1. The molecule has 8 heteroatoms. The fraction of sp³-hybridized carbons (Fsp3) is 0.185. The highest BCUT2D eigenvalue weighted by Crippen LogP contribution is 2.43. The van der Waals surface area contributed by atoms with Crippen LogP contribution in [0.4, 0.5) is 14.5 Å². The third-order valence-corrected chi connectivity index (χ3v) is 5.94. The largest absolute Gasteiger partial charge is 0.508 e. The molecule has 4 rings (SSSR count). The van der Waals surface area contributed by atoms with E-state index < -0.39 is 35.1 Å². The maximum atomic E-state index is 14.1. The quantitative estimate of drug-likeness (QED) is 0.290. The molecular formula is C27H23F2NO5. The minimum atomic E-state index is -1.20. The highest BCUT2D eigenvalue weighted by Gasteiger charge is 2.47. The van der Waals surface area contributed by atoms with E-state index in [9.17, 15) is 28.6 Å². The first-order chi connectivity index (χ1) is 16.6. The second kappa shape index (κ2) is 9.21. The number of rotatable bonds is 5. The van der Waals surface area contributed by atoms with Crippen LogP contribution in [0, 0.1) is 11.6 Å². The zero-order chi connectivity index (χ0) is 25.4. The highest BCUT2D eigenvalue weighted by molar-refractivity contribution is 6.51. The Bertz CT molecular complexity index is 1370. The number of methoxy groups -OCH3 is 1. The number of Topliss-reactive ketones (excluding diaryl/α,β-unsaturated/α-hetero) is 1. The average Bonchev–Trinajstić information content (AvgIpc) is 3.10. The summed E-state index contributed by atoms with van der Waals surface area (Å²) in [5, 5.41) is 21.3. The zero-order valence-electron chi connectivity index (χ0n) is 19.3. The fourth-order valence-electron chi connectivity index (χ4n) is 4.23. The summed E-state index contributed by atoms with van der Waals surface area (Å²) >= 11 is 0. The Hall–Kier alpha value is -4.20. The molecule has 0 bridgehead atoms. The van der Waals surface area contributed by atoms with Gasteiger partial charge in [0.05, 0.1) is 18.7 Å². The molecule has 3 aromatic carbocycles. The van der Waals surface area contributed by atoms with Gasteiger partial charge in [0.25, 0.3) is 11.7 Å². The Kier molecular flexibility index (Phi) is 6.30. The summed E-state index contributed by atoms with van der Waals surface area (Å²) in [5.41, 5.74) is 1.04. The number of benzene rings is 3. The Balaban J connectivity index is 1.96. The number of aliphatic hydroxyl groups is 1. The van der Waals surface area contributed by atoms with Crippen molar-refractivity contribution in [3.63, 3.8) is 0 Å². The van der Waals surface area contributed by atoms with Crippen molar-refractivity contribution in [1.29, 1.82) is 0 Å². The van der Waals surface area contributed by atoms with Crippen LogP contribution in [-0.4, -0.2) is 29.0 Å². The number of amides is 1. The van der Waals surface area contributed by atoms with E-state index in [1.165, 1.54) is 31.4 Å². The number of ether oxygens (including phenoxy) is 1. The van der Waals surface area contributed by atoms with Crippen LogP contribution in [0.15, 0.2) is 66.2 Å². The van der Waals surface area contributed by atoms with Crippen molar-refractivity contribution in [2.24, 2.45) is 0 Å². The van der Waals surface area contributed by atoms with Gasteiger partial charge in [0.15, 0.2) is 11.6 Å². The van der Waals surface area contributed by atoms with Gasteiger partial charge in [-0.25, -0.2) is 8.78 Å². The highest BCUT2D eigenvalue weighted by atomic mass is 19.2. The standard InChI is InChI=1S/C27H23F2NO5/c1-14(2)19-12-16(7-10-22(19)35-3)25(32)23-24(15-5-4-6-18(31)11-15)30(27(34)26(23)33)17-8-9-20(28)21(29)13-17/h4-14,24,31-32H,1-3H3/b25-23-. The van der Waals surface area contributed by atoms with Gasteiger partial charge in [-0.05, 0) is 59.5 Å². The van der Waals surface area contributed by atoms with Crippen molar-refractivity contribution in [3.05, 3.63) is 94.6 Å². The number of hydrogen-bond acceptors (Lipinski definition) is 5. The summed E-state index contributed by atoms with van der Waals surface area (Å²) in [4.78, 5) is 27.3. The first kappa shape index (κ1) is 23.9. The number of aromatic hydroxyl groups is 1. The summed E-state index contributed by atoms with van der Waals surface area (Å²) in [5.74, 6) is -4.27. The second-order valence-electron chi connectivity index (χ2n) is 8.47. The van der Waals surface area contributed by atoms with E-state index in [2.05, 4.69) is 0 Å². The topological polar surface area (TPSA) is 87.1 Å². The van der Waals surface area contributed by atoms with Crippen molar-refractivity contribution in [1.82, 2.24) is 0 Å². The lowest BCUT2D eigenvalue weighted by Crippen LogP contribution is -2.29. The first-order valence-electron chi connectivity index (χ1n) is 10.9. The minimum Gasteiger partial charge on any atom is -0.508 e. The monoisotopic (exact) mass is 479 g/mol. The van der Waals surface area contributed by atoms with Gasteiger partial charge < -0.3 is 14.9 Å². The molecule has 0 aliphatic carbocycles. The SMILES string of the molecule is COc1ccc(/C(O)=C2/C(=O)C(=O)N(c3ccc(F)c(F)c3)C2c2cccc(O)c2)cc1C(C)C. The molecule has 3 aromatic rings. The maximum Gasteiger partial charge on any atom is 0.300 e. The van der Waals surface area contributed by atoms with E-state index in [1.807, 2.05) is 13.8 Å². The molecule has 0 aromatic heterocycles. The average molecular weight is 479 g/mol. The number of phenols is 1. The van der Waals surface area contributed by atoms with Crippen LogP contribution < -0.4 is 9.64 Å². The number of carbonyl (C=O) groups is 2. The number of nitrogens with zero attached hydrogens (tertiary/aromatic N) is 1. The van der Waals surface area contributed by atoms with Crippen molar-refractivity contribution in [2.75, 3.05) is 12.0 Å². The number of phenolic OH excluding ortho intramolecular Hbond substituents is 1. The second-order valence-corrected chi connectivity index (χ2v) is 8.47. The first-order valence-corrected chi connectivity index (χ1v) is 10.9. The van der Waals surface area contributed by atoms with E-state index in [-0.39, 0.29) is 28.5 Å². The van der Waals surface area contributed by atoms with Gasteiger partial charge >= 0.3 is 0 Å². The number of carbonyl (C=O) groups excluding carboxylic acids is 2. The van der Waals surface area contributed by atoms with Gasteiger partial charge in [0.1, 0.15) is 17.3 Å². The zero-order valence-corrected chi connectivity index (χ0v) is 19.3. The van der Waals surface area contributed by atoms with Crippen molar-refractivity contribution in [3.8, 4) is 11.5 Å². The molecule has 35 heavy (non-hydrogen) atoms. The Morgan fingerprint density at radius 2 is 1.74 bits per heavy atom. The lowest BCUT2D eigenvalue weighted by atomic mass is 9.93. The van der Waals surface area contributed by atoms with Crippen LogP contribution in [-0.2, 0) is 9.59 Å². The van der Waals surface area contributed by atoms with Gasteiger partial charge in [0.2, 0.25) is 0 Å². The smallest absolute Gasteiger partial charge is 0.300 e. The summed E-state index contributed by atoms with van der Waals surface area (Å²) in [6.07, 6.45) is 0. The minimum absolute atomic E-state index is 0.0316. The van der Waals surface area contributed by atoms with Gasteiger partial charge in [-0.15, -0.1) is 0 Å². The number of ketones is 1. The number of hydrogen-bond donors (Lipinski definition) is 2. The number of aliphatic hydroxyl groups excluding tert-OH is 1. The van der Waals surface area contributed by atoms with Gasteiger partial charge in [-0.1, -0.05) is 26.0 Å². The van der Waals surface area contributed by atoms with Crippen molar-refractivity contribution >= 4 is 23.1 Å². The van der Waals surface area contributed by atoms with Crippen molar-refractivity contribution < 1.29 is 33.3 Å². The molecule has 2 N–H and O–H groups in total. The van der Waals surface area contributed by atoms with E-state index in [0.717, 1.165) is 22.6 Å². The van der Waals surface area contributed by atoms with Crippen LogP contribution in [0.1, 0.15) is 42.5 Å². The Labute approximate surface area is 200 Å². The van der Waals surface area contributed by atoms with E-state index in [4.69, 9.17) is 4.74 Å². The van der Waals surface area contributed by atoms with E-state index in [1.54, 1.807) is 24.3 Å². The molecule has 1 unspecified atom stereocenters. The normalized spacial score (nSPS) is 17.3. The lowest BCUT2D eigenvalue weighted by molar-refractivity contribution is -0.132. The molecule has 1 atom stereocenters. The maximum absolute atomic E-state index is 14.1. The van der Waals surface area contributed by atoms with Crippen LogP contribution in [0.5, 0.6) is 11.5 Å². The molecule has 1 aliphatic heterocycles. The molecular weight excluding hydrogens is 456 g/mol. The summed E-state index contributed by atoms with van der Waals surface area (Å²) < 4.78 is 33.0. The van der Waals surface area contributed by atoms with Gasteiger partial charge in [-0.2, -0.15) is 0 Å². The van der Waals surface area contributed by atoms with Crippen LogP contribution >= 0.6 is 0 Å². The van der Waals surface area contributed by atoms with Crippen LogP contribution in [0.3, 0.4) is 0 Å². The summed E-state index contributed by atoms with van der Waals surface area (Å²) in [7, 11) is 1.52. The Morgan fingerprint density at radius 3 is 2.37 bits per heavy atom. The van der Waals surface area contributed by atoms with E-state index in [0.29, 0.717) is 11.3 Å². The molecule has 6 nitrogen and oxygen atoms in total. The molecule has 0 saturated carbocycles. The summed E-state index contributed by atoms with van der Waals surface area (Å²) in [6.45, 7) is 3.88. The van der Waals surface area contributed by atoms with Crippen LogP contribution in [0.25, 0.3) is 5.76 Å². The van der Waals surface area contributed by atoms with Crippen molar-refractivity contribution in [2.45, 2.75) is 25.8 Å². The molecule has 1 amide bonds. The summed E-state index contributed by atoms with van der Waals surface area (Å²) in [6, 6.07) is 12.3. The molecule has 1 aliphatic rings. The Morgan fingerprint density at radius 1 is 1.00 bits per heavy atom. The fourth-order valence-corrected chi connectivity index (χ4v) is 4.23. The molecule has 0 spiro atoms. The van der Waals surface area contributed by atoms with Crippen LogP contribution in [0.2, 0.25) is 0 Å². The molecule has 1 fully saturated rings. The third-order valence-electron chi connectivity index (χ3n) is 5.94. The predicted molar refractivity (Wildman–Crippen MR) is 126 cm³/mol. The molecule has 0 radical (unpaired) electrons. The molecule has 1 heterocycles. The molecule has 1 saturated heterocycles.